The first-order chi connectivity index (χ1) is 8.83. The highest BCUT2D eigenvalue weighted by molar-refractivity contribution is 7.99. The molecule has 1 heterocycles. The minimum Gasteiger partial charge on any atom is -0.459 e. The molecule has 0 bridgehead atoms. The number of carbonyl (C=O) groups is 1. The minimum absolute atomic E-state index is 0.166. The second-order valence-corrected chi connectivity index (χ2v) is 6.01. The monoisotopic (exact) mass is 280 g/mol. The van der Waals surface area contributed by atoms with E-state index >= 15 is 0 Å². The van der Waals surface area contributed by atoms with Crippen LogP contribution >= 0.6 is 11.8 Å². The van der Waals surface area contributed by atoms with E-state index in [-0.39, 0.29) is 11.7 Å². The number of hydrogen-bond donors (Lipinski definition) is 1. The summed E-state index contributed by atoms with van der Waals surface area (Å²) in [6.07, 6.45) is 0. The molecule has 5 nitrogen and oxygen atoms in total. The molecule has 0 fully saturated rings. The van der Waals surface area contributed by atoms with Gasteiger partial charge in [0.25, 0.3) is 5.22 Å². The van der Waals surface area contributed by atoms with Crippen LogP contribution in [0, 0.1) is 0 Å². The quantitative estimate of drug-likeness (QED) is 0.529. The normalized spacial score (nSPS) is 11.7. The van der Waals surface area contributed by atoms with E-state index in [0.29, 0.717) is 22.0 Å². The molecule has 1 aromatic heterocycles. The molecule has 0 aliphatic heterocycles. The molecule has 0 aliphatic rings. The fraction of sp³-hybridized carbons (Fsp3) is 0.385. The van der Waals surface area contributed by atoms with Crippen molar-refractivity contribution >= 4 is 34.5 Å². The van der Waals surface area contributed by atoms with Crippen LogP contribution in [-0.4, -0.2) is 22.3 Å². The first-order valence-corrected chi connectivity index (χ1v) is 6.83. The van der Waals surface area contributed by atoms with Crippen molar-refractivity contribution in [2.75, 3.05) is 11.5 Å². The van der Waals surface area contributed by atoms with Gasteiger partial charge in [-0.15, -0.1) is 0 Å². The smallest absolute Gasteiger partial charge is 0.316 e. The van der Waals surface area contributed by atoms with Crippen molar-refractivity contribution in [2.45, 2.75) is 31.6 Å². The largest absolute Gasteiger partial charge is 0.459 e. The summed E-state index contributed by atoms with van der Waals surface area (Å²) in [7, 11) is 0. The number of nitrogen functional groups attached to an aromatic ring is 1. The molecule has 1 aromatic carbocycles. The summed E-state index contributed by atoms with van der Waals surface area (Å²) in [4.78, 5) is 15.8. The predicted molar refractivity (Wildman–Crippen MR) is 75.0 cm³/mol. The third kappa shape index (κ3) is 3.89. The zero-order valence-corrected chi connectivity index (χ0v) is 11.9. The average Bonchev–Trinajstić information content (AvgIpc) is 2.66. The predicted octanol–water partition coefficient (Wildman–Crippen LogP) is 2.84. The number of benzene rings is 1. The summed E-state index contributed by atoms with van der Waals surface area (Å²) in [5.41, 5.74) is 7.15. The Kier molecular flexibility index (Phi) is 3.71. The van der Waals surface area contributed by atoms with Gasteiger partial charge in [-0.05, 0) is 39.0 Å². The molecule has 0 radical (unpaired) electrons. The summed E-state index contributed by atoms with van der Waals surface area (Å²) in [6.45, 7) is 5.49. The fourth-order valence-corrected chi connectivity index (χ4v) is 2.09. The summed E-state index contributed by atoms with van der Waals surface area (Å²) >= 11 is 1.21. The second kappa shape index (κ2) is 5.13. The van der Waals surface area contributed by atoms with Crippen LogP contribution in [0.5, 0.6) is 0 Å². The van der Waals surface area contributed by atoms with Crippen LogP contribution in [0.4, 0.5) is 5.69 Å². The Bertz CT molecular complexity index is 601. The number of fused-ring (bicyclic) bond motifs is 1. The molecule has 2 N–H and O–H groups in total. The Labute approximate surface area is 115 Å². The van der Waals surface area contributed by atoms with E-state index in [0.717, 1.165) is 0 Å². The molecule has 2 aromatic rings. The minimum atomic E-state index is -0.479. The van der Waals surface area contributed by atoms with Crippen LogP contribution in [0.25, 0.3) is 11.1 Å². The van der Waals surface area contributed by atoms with E-state index in [4.69, 9.17) is 14.9 Å². The molecule has 102 valence electrons. The van der Waals surface area contributed by atoms with Gasteiger partial charge in [0.2, 0.25) is 0 Å². The van der Waals surface area contributed by atoms with E-state index < -0.39 is 5.60 Å². The van der Waals surface area contributed by atoms with Gasteiger partial charge in [-0.25, -0.2) is 4.98 Å². The number of nitrogens with zero attached hydrogens (tertiary/aromatic N) is 1. The van der Waals surface area contributed by atoms with E-state index in [2.05, 4.69) is 4.98 Å². The van der Waals surface area contributed by atoms with Crippen LogP contribution in [0.1, 0.15) is 20.8 Å². The van der Waals surface area contributed by atoms with Gasteiger partial charge in [-0.1, -0.05) is 11.8 Å². The number of anilines is 1. The first-order valence-electron chi connectivity index (χ1n) is 5.84. The van der Waals surface area contributed by atoms with Gasteiger partial charge >= 0.3 is 5.97 Å². The number of thioether (sulfide) groups is 1. The summed E-state index contributed by atoms with van der Waals surface area (Å²) < 4.78 is 10.7. The van der Waals surface area contributed by atoms with E-state index in [1.54, 1.807) is 18.2 Å². The number of oxazole rings is 1. The summed E-state index contributed by atoms with van der Waals surface area (Å²) in [5, 5.41) is 0.437. The molecule has 0 saturated heterocycles. The van der Waals surface area contributed by atoms with Gasteiger partial charge in [0.05, 0.1) is 0 Å². The number of hydrogen-bond acceptors (Lipinski definition) is 6. The number of nitrogens with two attached hydrogens (primary N) is 1. The lowest BCUT2D eigenvalue weighted by atomic mass is 10.2. The molecular formula is C13H16N2O3S. The molecule has 2 rings (SSSR count). The van der Waals surface area contributed by atoms with Gasteiger partial charge in [-0.2, -0.15) is 0 Å². The lowest BCUT2D eigenvalue weighted by Gasteiger charge is -2.18. The lowest BCUT2D eigenvalue weighted by molar-refractivity contribution is -0.151. The molecule has 0 atom stereocenters. The number of carbonyl (C=O) groups excluding carboxylic acids is 1. The second-order valence-electron chi connectivity index (χ2n) is 5.08. The third-order valence-corrected chi connectivity index (χ3v) is 2.93. The van der Waals surface area contributed by atoms with Crippen molar-refractivity contribution < 1.29 is 13.9 Å². The fourth-order valence-electron chi connectivity index (χ4n) is 1.48. The highest BCUT2D eigenvalue weighted by Crippen LogP contribution is 2.25. The highest BCUT2D eigenvalue weighted by Gasteiger charge is 2.17. The van der Waals surface area contributed by atoms with Crippen molar-refractivity contribution in [1.29, 1.82) is 0 Å². The molecule has 0 amide bonds. The SMILES string of the molecule is CC(C)(C)OC(=O)CSc1nc2cc(N)ccc2o1. The number of esters is 1. The van der Waals surface area contributed by atoms with Crippen LogP contribution in [0.15, 0.2) is 27.8 Å². The van der Waals surface area contributed by atoms with Gasteiger partial charge in [0.15, 0.2) is 5.58 Å². The molecule has 0 unspecified atom stereocenters. The van der Waals surface area contributed by atoms with Gasteiger partial charge < -0.3 is 14.9 Å². The Morgan fingerprint density at radius 2 is 2.21 bits per heavy atom. The summed E-state index contributed by atoms with van der Waals surface area (Å²) in [5.74, 6) is -0.126. The van der Waals surface area contributed by atoms with Crippen molar-refractivity contribution in [3.63, 3.8) is 0 Å². The maximum Gasteiger partial charge on any atom is 0.316 e. The van der Waals surface area contributed by atoms with Crippen molar-refractivity contribution in [3.05, 3.63) is 18.2 Å². The van der Waals surface area contributed by atoms with Crippen molar-refractivity contribution in [3.8, 4) is 0 Å². The molecular weight excluding hydrogens is 264 g/mol. The van der Waals surface area contributed by atoms with Crippen LogP contribution in [-0.2, 0) is 9.53 Å². The number of rotatable bonds is 3. The average molecular weight is 280 g/mol. The Morgan fingerprint density at radius 1 is 1.47 bits per heavy atom. The zero-order chi connectivity index (χ0) is 14.0. The molecule has 0 spiro atoms. The van der Waals surface area contributed by atoms with Gasteiger partial charge in [0, 0.05) is 5.69 Å². The maximum absolute atomic E-state index is 11.6. The van der Waals surface area contributed by atoms with Crippen LogP contribution in [0.2, 0.25) is 0 Å². The molecule has 19 heavy (non-hydrogen) atoms. The maximum atomic E-state index is 11.6. The first kappa shape index (κ1) is 13.7. The number of ether oxygens (including phenoxy) is 1. The number of aromatic nitrogens is 1. The lowest BCUT2D eigenvalue weighted by Crippen LogP contribution is -2.24. The topological polar surface area (TPSA) is 78.3 Å². The zero-order valence-electron chi connectivity index (χ0n) is 11.1. The van der Waals surface area contributed by atoms with Crippen LogP contribution in [0.3, 0.4) is 0 Å². The van der Waals surface area contributed by atoms with Crippen molar-refractivity contribution in [1.82, 2.24) is 4.98 Å². The van der Waals surface area contributed by atoms with Crippen LogP contribution < -0.4 is 5.73 Å². The van der Waals surface area contributed by atoms with E-state index in [1.807, 2.05) is 20.8 Å². The van der Waals surface area contributed by atoms with Crippen molar-refractivity contribution in [2.24, 2.45) is 0 Å². The molecule has 6 heteroatoms. The van der Waals surface area contributed by atoms with Gasteiger partial charge in [0.1, 0.15) is 16.9 Å². The third-order valence-electron chi connectivity index (χ3n) is 2.13. The van der Waals surface area contributed by atoms with Gasteiger partial charge in [-0.3, -0.25) is 4.79 Å². The standard InChI is InChI=1S/C13H16N2O3S/c1-13(2,3)18-11(16)7-19-12-15-9-6-8(14)4-5-10(9)17-12/h4-6H,7,14H2,1-3H3. The Balaban J connectivity index is 2.00. The highest BCUT2D eigenvalue weighted by atomic mass is 32.2. The van der Waals surface area contributed by atoms with E-state index in [9.17, 15) is 4.79 Å². The summed E-state index contributed by atoms with van der Waals surface area (Å²) in [6, 6.07) is 5.24. The molecule has 0 saturated carbocycles. The van der Waals surface area contributed by atoms with E-state index in [1.165, 1.54) is 11.8 Å². The Morgan fingerprint density at radius 3 is 2.89 bits per heavy atom. The molecule has 0 aliphatic carbocycles. The Hall–Kier alpha value is -1.69.